The minimum atomic E-state index is -0.282. The van der Waals surface area contributed by atoms with Crippen molar-refractivity contribution >= 4 is 5.71 Å². The van der Waals surface area contributed by atoms with Crippen LogP contribution in [0.3, 0.4) is 0 Å². The molecule has 1 N–H and O–H groups in total. The van der Waals surface area contributed by atoms with Gasteiger partial charge in [0.2, 0.25) is 6.29 Å². The van der Waals surface area contributed by atoms with Gasteiger partial charge in [0.25, 0.3) is 0 Å². The van der Waals surface area contributed by atoms with Crippen molar-refractivity contribution < 1.29 is 24.2 Å². The van der Waals surface area contributed by atoms with Crippen LogP contribution in [0.4, 0.5) is 0 Å². The molecular formula is C16H23NO5. The van der Waals surface area contributed by atoms with E-state index in [4.69, 9.17) is 19.0 Å². The van der Waals surface area contributed by atoms with Crippen LogP contribution in [0.2, 0.25) is 0 Å². The van der Waals surface area contributed by atoms with Gasteiger partial charge in [-0.15, -0.1) is 0 Å². The third kappa shape index (κ3) is 3.69. The van der Waals surface area contributed by atoms with Crippen LogP contribution in [0.5, 0.6) is 11.5 Å². The lowest BCUT2D eigenvalue weighted by atomic mass is 9.96. The van der Waals surface area contributed by atoms with E-state index >= 15 is 0 Å². The van der Waals surface area contributed by atoms with Crippen LogP contribution in [-0.2, 0) is 16.0 Å². The van der Waals surface area contributed by atoms with E-state index < -0.39 is 0 Å². The SMILES string of the molecule is CCOC1CCC(c2cc(OC)c(OC)cc2CCO)=NO1. The maximum absolute atomic E-state index is 9.28. The number of ether oxygens (including phenoxy) is 3. The molecule has 1 aliphatic rings. The van der Waals surface area contributed by atoms with Gasteiger partial charge in [-0.05, 0) is 37.5 Å². The highest BCUT2D eigenvalue weighted by Crippen LogP contribution is 2.32. The zero-order chi connectivity index (χ0) is 15.9. The summed E-state index contributed by atoms with van der Waals surface area (Å²) in [6, 6.07) is 3.76. The molecule has 1 aromatic carbocycles. The van der Waals surface area contributed by atoms with Crippen LogP contribution in [0.1, 0.15) is 30.9 Å². The van der Waals surface area contributed by atoms with Crippen molar-refractivity contribution in [1.82, 2.24) is 0 Å². The van der Waals surface area contributed by atoms with Gasteiger partial charge < -0.3 is 24.2 Å². The average molecular weight is 309 g/mol. The molecule has 1 aliphatic heterocycles. The van der Waals surface area contributed by atoms with Crippen LogP contribution in [0, 0.1) is 0 Å². The molecule has 122 valence electrons. The lowest BCUT2D eigenvalue weighted by molar-refractivity contribution is -0.147. The van der Waals surface area contributed by atoms with Crippen LogP contribution in [0.25, 0.3) is 0 Å². The second kappa shape index (κ2) is 8.00. The molecule has 0 saturated heterocycles. The summed E-state index contributed by atoms with van der Waals surface area (Å²) >= 11 is 0. The Morgan fingerprint density at radius 2 is 2.00 bits per heavy atom. The van der Waals surface area contributed by atoms with Gasteiger partial charge in [-0.3, -0.25) is 0 Å². The first-order valence-corrected chi connectivity index (χ1v) is 7.43. The molecule has 6 heteroatoms. The number of hydrogen-bond acceptors (Lipinski definition) is 6. The highest BCUT2D eigenvalue weighted by atomic mass is 16.8. The van der Waals surface area contributed by atoms with Crippen LogP contribution >= 0.6 is 0 Å². The maximum Gasteiger partial charge on any atom is 0.227 e. The molecule has 0 radical (unpaired) electrons. The molecule has 0 saturated carbocycles. The molecular weight excluding hydrogens is 286 g/mol. The van der Waals surface area contributed by atoms with Crippen molar-refractivity contribution in [2.45, 2.75) is 32.5 Å². The number of oxime groups is 1. The molecule has 1 heterocycles. The number of rotatable bonds is 7. The fourth-order valence-corrected chi connectivity index (χ4v) is 2.48. The van der Waals surface area contributed by atoms with Gasteiger partial charge in [-0.2, -0.15) is 0 Å². The van der Waals surface area contributed by atoms with Crippen molar-refractivity contribution in [1.29, 1.82) is 0 Å². The van der Waals surface area contributed by atoms with E-state index in [0.29, 0.717) is 24.5 Å². The summed E-state index contributed by atoms with van der Waals surface area (Å²) in [5.74, 6) is 1.27. The Morgan fingerprint density at radius 3 is 2.55 bits per heavy atom. The lowest BCUT2D eigenvalue weighted by Crippen LogP contribution is -2.23. The van der Waals surface area contributed by atoms with Gasteiger partial charge in [0, 0.05) is 25.2 Å². The number of aliphatic hydroxyl groups excluding tert-OH is 1. The van der Waals surface area contributed by atoms with E-state index in [1.165, 1.54) is 0 Å². The number of hydrogen-bond donors (Lipinski definition) is 1. The summed E-state index contributed by atoms with van der Waals surface area (Å²) in [5, 5.41) is 13.5. The third-order valence-corrected chi connectivity index (χ3v) is 3.55. The number of benzene rings is 1. The van der Waals surface area contributed by atoms with Gasteiger partial charge in [0.05, 0.1) is 19.9 Å². The third-order valence-electron chi connectivity index (χ3n) is 3.55. The molecule has 2 rings (SSSR count). The van der Waals surface area contributed by atoms with Crippen molar-refractivity contribution in [3.63, 3.8) is 0 Å². The number of aliphatic hydroxyl groups is 1. The Morgan fingerprint density at radius 1 is 1.27 bits per heavy atom. The zero-order valence-corrected chi connectivity index (χ0v) is 13.3. The predicted molar refractivity (Wildman–Crippen MR) is 82.6 cm³/mol. The Labute approximate surface area is 130 Å². The summed E-state index contributed by atoms with van der Waals surface area (Å²) in [5.41, 5.74) is 2.71. The van der Waals surface area contributed by atoms with Gasteiger partial charge in [0.1, 0.15) is 0 Å². The van der Waals surface area contributed by atoms with Gasteiger partial charge in [0.15, 0.2) is 11.5 Å². The largest absolute Gasteiger partial charge is 0.493 e. The van der Waals surface area contributed by atoms with E-state index in [0.717, 1.165) is 29.7 Å². The monoisotopic (exact) mass is 309 g/mol. The second-order valence-electron chi connectivity index (χ2n) is 4.90. The van der Waals surface area contributed by atoms with Crippen molar-refractivity contribution in [2.24, 2.45) is 5.16 Å². The topological polar surface area (TPSA) is 69.5 Å². The molecule has 0 amide bonds. The van der Waals surface area contributed by atoms with Crippen molar-refractivity contribution in [3.05, 3.63) is 23.3 Å². The molecule has 1 atom stereocenters. The van der Waals surface area contributed by atoms with E-state index in [1.54, 1.807) is 14.2 Å². The van der Waals surface area contributed by atoms with E-state index in [-0.39, 0.29) is 12.9 Å². The van der Waals surface area contributed by atoms with Crippen LogP contribution in [-0.4, -0.2) is 44.5 Å². The Kier molecular flexibility index (Phi) is 6.03. The Hall–Kier alpha value is -1.79. The fourth-order valence-electron chi connectivity index (χ4n) is 2.48. The molecule has 6 nitrogen and oxygen atoms in total. The molecule has 1 aromatic rings. The molecule has 0 aliphatic carbocycles. The lowest BCUT2D eigenvalue weighted by Gasteiger charge is -2.22. The number of nitrogens with zero attached hydrogens (tertiary/aromatic N) is 1. The molecule has 1 unspecified atom stereocenters. The molecule has 0 fully saturated rings. The van der Waals surface area contributed by atoms with Crippen molar-refractivity contribution in [3.8, 4) is 11.5 Å². The summed E-state index contributed by atoms with van der Waals surface area (Å²) in [6.45, 7) is 2.58. The Balaban J connectivity index is 2.32. The predicted octanol–water partition coefficient (Wildman–Crippen LogP) is 2.12. The van der Waals surface area contributed by atoms with Crippen molar-refractivity contribution in [2.75, 3.05) is 27.4 Å². The second-order valence-corrected chi connectivity index (χ2v) is 4.90. The standard InChI is InChI=1S/C16H23NO5/c1-4-21-16-6-5-13(17-22-16)12-10-15(20-3)14(19-2)9-11(12)7-8-18/h9-10,16,18H,4-8H2,1-3H3. The summed E-state index contributed by atoms with van der Waals surface area (Å²) in [7, 11) is 3.19. The van der Waals surface area contributed by atoms with Gasteiger partial charge in [-0.1, -0.05) is 5.16 Å². The minimum Gasteiger partial charge on any atom is -0.493 e. The first-order chi connectivity index (χ1) is 10.7. The first-order valence-electron chi connectivity index (χ1n) is 7.43. The Bertz CT molecular complexity index is 530. The first kappa shape index (κ1) is 16.6. The molecule has 0 aromatic heterocycles. The molecule has 22 heavy (non-hydrogen) atoms. The average Bonchev–Trinajstić information content (AvgIpc) is 2.56. The van der Waals surface area contributed by atoms with E-state index in [9.17, 15) is 5.11 Å². The van der Waals surface area contributed by atoms with Crippen LogP contribution < -0.4 is 9.47 Å². The summed E-state index contributed by atoms with van der Waals surface area (Å²) < 4.78 is 16.1. The fraction of sp³-hybridized carbons (Fsp3) is 0.562. The smallest absolute Gasteiger partial charge is 0.227 e. The maximum atomic E-state index is 9.28. The number of methoxy groups -OCH3 is 2. The van der Waals surface area contributed by atoms with E-state index in [1.807, 2.05) is 19.1 Å². The highest BCUT2D eigenvalue weighted by Gasteiger charge is 2.22. The minimum absolute atomic E-state index is 0.0538. The van der Waals surface area contributed by atoms with Gasteiger partial charge >= 0.3 is 0 Å². The summed E-state index contributed by atoms with van der Waals surface area (Å²) in [4.78, 5) is 5.38. The zero-order valence-electron chi connectivity index (χ0n) is 13.3. The van der Waals surface area contributed by atoms with E-state index in [2.05, 4.69) is 5.16 Å². The summed E-state index contributed by atoms with van der Waals surface area (Å²) in [6.07, 6.45) is 1.73. The van der Waals surface area contributed by atoms with Crippen LogP contribution in [0.15, 0.2) is 17.3 Å². The molecule has 0 bridgehead atoms. The quantitative estimate of drug-likeness (QED) is 0.835. The molecule has 0 spiro atoms. The van der Waals surface area contributed by atoms with Gasteiger partial charge in [-0.25, -0.2) is 0 Å². The normalized spacial score (nSPS) is 17.6. The highest BCUT2D eigenvalue weighted by molar-refractivity contribution is 6.02.